The van der Waals surface area contributed by atoms with E-state index in [1.54, 1.807) is 9.58 Å². The Hall–Kier alpha value is -2.00. The zero-order valence-electron chi connectivity index (χ0n) is 18.6. The Bertz CT molecular complexity index is 1340. The van der Waals surface area contributed by atoms with E-state index in [0.29, 0.717) is 35.0 Å². The molecule has 176 valence electrons. The van der Waals surface area contributed by atoms with Crippen LogP contribution in [0.5, 0.6) is 5.75 Å². The van der Waals surface area contributed by atoms with Crippen LogP contribution in [0.2, 0.25) is 0 Å². The van der Waals surface area contributed by atoms with Crippen LogP contribution in [0, 0.1) is 7.14 Å². The van der Waals surface area contributed by atoms with Crippen LogP contribution < -0.4 is 19.9 Å². The summed E-state index contributed by atoms with van der Waals surface area (Å²) in [5.41, 5.74) is 2.12. The van der Waals surface area contributed by atoms with Crippen molar-refractivity contribution in [3.8, 4) is 17.0 Å². The summed E-state index contributed by atoms with van der Waals surface area (Å²) in [7, 11) is 0. The molecule has 0 aliphatic carbocycles. The highest BCUT2D eigenvalue weighted by molar-refractivity contribution is 14.1. The number of para-hydroxylation sites is 1. The van der Waals surface area contributed by atoms with Crippen LogP contribution >= 0.6 is 56.9 Å². The minimum atomic E-state index is -0.695. The molecule has 0 saturated heterocycles. The number of aromatic amines is 1. The molecule has 0 saturated carbocycles. The first-order chi connectivity index (χ1) is 16.2. The number of esters is 1. The quantitative estimate of drug-likeness (QED) is 0.140. The van der Waals surface area contributed by atoms with E-state index >= 15 is 0 Å². The number of thioether (sulfide) groups is 1. The predicted molar refractivity (Wildman–Crippen MR) is 146 cm³/mol. The average molecular weight is 703 g/mol. The van der Waals surface area contributed by atoms with Gasteiger partial charge >= 0.3 is 17.2 Å². The van der Waals surface area contributed by atoms with Crippen molar-refractivity contribution in [3.05, 3.63) is 59.5 Å². The summed E-state index contributed by atoms with van der Waals surface area (Å²) in [4.78, 5) is 42.4. The number of anilines is 1. The lowest BCUT2D eigenvalue weighted by molar-refractivity contribution is -0.763. The minimum Gasteiger partial charge on any atom is -0.424 e. The SMILES string of the molecule is CCCSc1n[n+]2c(c(=O)[nH]1)-c1ccccc1N(C(C)=O)C2c1cc(I)c(OC(C)=O)c(I)c1. The number of H-pyrrole nitrogens is 1. The maximum absolute atomic E-state index is 13.3. The van der Waals surface area contributed by atoms with Gasteiger partial charge in [-0.05, 0) is 80.5 Å². The molecule has 11 heteroatoms. The summed E-state index contributed by atoms with van der Waals surface area (Å²) in [6, 6.07) is 11.0. The fourth-order valence-electron chi connectivity index (χ4n) is 3.85. The van der Waals surface area contributed by atoms with Gasteiger partial charge in [-0.3, -0.25) is 19.4 Å². The first-order valence-corrected chi connectivity index (χ1v) is 13.6. The lowest BCUT2D eigenvalue weighted by atomic mass is 10.0. The van der Waals surface area contributed by atoms with Gasteiger partial charge in [0.15, 0.2) is 5.75 Å². The molecule has 0 spiro atoms. The van der Waals surface area contributed by atoms with Crippen molar-refractivity contribution in [3.63, 3.8) is 0 Å². The molecule has 2 heterocycles. The third-order valence-electron chi connectivity index (χ3n) is 5.10. The van der Waals surface area contributed by atoms with E-state index in [0.717, 1.165) is 17.7 Å². The van der Waals surface area contributed by atoms with E-state index in [4.69, 9.17) is 9.84 Å². The second kappa shape index (κ2) is 10.3. The molecule has 3 aromatic rings. The highest BCUT2D eigenvalue weighted by atomic mass is 127. The molecule has 0 radical (unpaired) electrons. The topological polar surface area (TPSA) is 96.2 Å². The van der Waals surface area contributed by atoms with Crippen LogP contribution in [0.15, 0.2) is 46.3 Å². The van der Waals surface area contributed by atoms with Crippen molar-refractivity contribution < 1.29 is 19.0 Å². The van der Waals surface area contributed by atoms with Crippen LogP contribution in [-0.4, -0.2) is 27.7 Å². The first-order valence-electron chi connectivity index (χ1n) is 10.5. The van der Waals surface area contributed by atoms with Crippen molar-refractivity contribution >= 4 is 74.5 Å². The highest BCUT2D eigenvalue weighted by Crippen LogP contribution is 2.39. The zero-order chi connectivity index (χ0) is 24.6. The Morgan fingerprint density at radius 1 is 1.21 bits per heavy atom. The maximum Gasteiger partial charge on any atom is 0.325 e. The van der Waals surface area contributed by atoms with Crippen molar-refractivity contribution in [2.45, 2.75) is 38.5 Å². The minimum absolute atomic E-state index is 0.186. The number of ether oxygens (including phenoxy) is 1. The zero-order valence-corrected chi connectivity index (χ0v) is 23.7. The van der Waals surface area contributed by atoms with E-state index in [1.807, 2.05) is 36.4 Å². The van der Waals surface area contributed by atoms with Crippen molar-refractivity contribution in [1.29, 1.82) is 0 Å². The second-order valence-corrected chi connectivity index (χ2v) is 11.0. The molecule has 1 amide bonds. The Balaban J connectivity index is 2.00. The van der Waals surface area contributed by atoms with E-state index in [-0.39, 0.29) is 11.5 Å². The molecule has 1 N–H and O–H groups in total. The number of fused-ring (bicyclic) bond motifs is 3. The van der Waals surface area contributed by atoms with Gasteiger partial charge in [0, 0.05) is 30.3 Å². The van der Waals surface area contributed by atoms with E-state index in [1.165, 1.54) is 25.6 Å². The summed E-state index contributed by atoms with van der Waals surface area (Å²) in [5, 5.41) is 5.26. The molecule has 0 bridgehead atoms. The number of rotatable bonds is 5. The van der Waals surface area contributed by atoms with Crippen LogP contribution in [0.4, 0.5) is 5.69 Å². The Kier molecular flexibility index (Phi) is 7.62. The van der Waals surface area contributed by atoms with Gasteiger partial charge < -0.3 is 4.74 Å². The number of amides is 1. The number of halogens is 2. The van der Waals surface area contributed by atoms with Gasteiger partial charge in [-0.1, -0.05) is 30.8 Å². The number of carbonyl (C=O) groups excluding carboxylic acids is 2. The van der Waals surface area contributed by atoms with Gasteiger partial charge in [-0.25, -0.2) is 4.90 Å². The molecule has 1 aromatic heterocycles. The average Bonchev–Trinajstić information content (AvgIpc) is 2.78. The number of nitrogens with zero attached hydrogens (tertiary/aromatic N) is 3. The van der Waals surface area contributed by atoms with Crippen LogP contribution in [0.3, 0.4) is 0 Å². The third kappa shape index (κ3) is 4.73. The summed E-state index contributed by atoms with van der Waals surface area (Å²) >= 11 is 5.68. The number of hydrogen-bond acceptors (Lipinski definition) is 6. The molecule has 1 aliphatic heterocycles. The summed E-state index contributed by atoms with van der Waals surface area (Å²) in [5.74, 6) is 0.666. The first kappa shape index (κ1) is 25.1. The molecular weight excluding hydrogens is 682 g/mol. The van der Waals surface area contributed by atoms with Gasteiger partial charge in [0.05, 0.1) is 18.4 Å². The van der Waals surface area contributed by atoms with E-state index < -0.39 is 12.1 Å². The predicted octanol–water partition coefficient (Wildman–Crippen LogP) is 4.27. The number of carbonyl (C=O) groups is 2. The number of nitrogens with one attached hydrogen (secondary N) is 1. The second-order valence-electron chi connectivity index (χ2n) is 7.59. The lowest BCUT2D eigenvalue weighted by Crippen LogP contribution is -2.60. The molecular formula is C23H21I2N4O4S+. The standard InChI is InChI=1S/C23H20I2N4O4S/c1-4-9-34-23-26-21(32)19-15-7-5-6-8-18(15)28(12(2)30)22(29(19)27-23)14-10-16(24)20(17(25)11-14)33-13(3)31/h5-8,10-11,22H,4,9H2,1-3H3/p+1. The van der Waals surface area contributed by atoms with Crippen molar-refractivity contribution in [2.75, 3.05) is 10.7 Å². The van der Waals surface area contributed by atoms with Crippen LogP contribution in [0.1, 0.15) is 38.9 Å². The van der Waals surface area contributed by atoms with Gasteiger partial charge in [0.1, 0.15) is 0 Å². The fraction of sp³-hybridized carbons (Fsp3) is 0.261. The summed E-state index contributed by atoms with van der Waals surface area (Å²) < 4.78 is 8.44. The number of aromatic nitrogens is 3. The largest absolute Gasteiger partial charge is 0.424 e. The highest BCUT2D eigenvalue weighted by Gasteiger charge is 2.45. The van der Waals surface area contributed by atoms with Crippen molar-refractivity contribution in [2.24, 2.45) is 0 Å². The molecule has 34 heavy (non-hydrogen) atoms. The Morgan fingerprint density at radius 3 is 2.50 bits per heavy atom. The van der Waals surface area contributed by atoms with Crippen LogP contribution in [-0.2, 0) is 9.59 Å². The van der Waals surface area contributed by atoms with E-state index in [2.05, 4.69) is 57.1 Å². The Labute approximate surface area is 227 Å². The smallest absolute Gasteiger partial charge is 0.325 e. The number of benzene rings is 2. The maximum atomic E-state index is 13.3. The molecule has 8 nitrogen and oxygen atoms in total. The van der Waals surface area contributed by atoms with Crippen LogP contribution in [0.25, 0.3) is 11.3 Å². The molecule has 0 fully saturated rings. The normalized spacial score (nSPS) is 14.4. The fourth-order valence-corrected chi connectivity index (χ4v) is 6.59. The molecule has 4 rings (SSSR count). The van der Waals surface area contributed by atoms with Crippen molar-refractivity contribution in [1.82, 2.24) is 10.1 Å². The molecule has 2 aromatic carbocycles. The Morgan fingerprint density at radius 2 is 1.88 bits per heavy atom. The number of hydrogen-bond donors (Lipinski definition) is 1. The monoisotopic (exact) mass is 703 g/mol. The molecule has 1 aliphatic rings. The lowest BCUT2D eigenvalue weighted by Gasteiger charge is -2.31. The van der Waals surface area contributed by atoms with E-state index in [9.17, 15) is 14.4 Å². The summed E-state index contributed by atoms with van der Waals surface area (Å²) in [6.07, 6.45) is 0.231. The third-order valence-corrected chi connectivity index (χ3v) is 7.78. The van der Waals surface area contributed by atoms with Gasteiger partial charge in [0.25, 0.3) is 6.17 Å². The molecule has 1 unspecified atom stereocenters. The van der Waals surface area contributed by atoms with Gasteiger partial charge in [0.2, 0.25) is 11.1 Å². The van der Waals surface area contributed by atoms with Gasteiger partial charge in [-0.2, -0.15) is 0 Å². The van der Waals surface area contributed by atoms with Gasteiger partial charge in [-0.15, -0.1) is 0 Å². The summed E-state index contributed by atoms with van der Waals surface area (Å²) in [6.45, 7) is 4.91. The molecule has 1 atom stereocenters.